The van der Waals surface area contributed by atoms with Gasteiger partial charge in [0.2, 0.25) is 0 Å². The van der Waals surface area contributed by atoms with Crippen LogP contribution in [0.1, 0.15) is 40.9 Å². The minimum atomic E-state index is -0.0175. The van der Waals surface area contributed by atoms with Gasteiger partial charge in [-0.1, -0.05) is 50.2 Å². The molecule has 1 heterocycles. The third kappa shape index (κ3) is 6.20. The van der Waals surface area contributed by atoms with Crippen LogP contribution in [0.5, 0.6) is 0 Å². The molecule has 152 valence electrons. The summed E-state index contributed by atoms with van der Waals surface area (Å²) in [6.07, 6.45) is 0. The molecule has 0 aliphatic carbocycles. The molecule has 0 bridgehead atoms. The van der Waals surface area contributed by atoms with Crippen LogP contribution >= 0.6 is 23.1 Å². The number of hydrogen-bond acceptors (Lipinski definition) is 4. The molecule has 3 nitrogen and oxygen atoms in total. The zero-order valence-corrected chi connectivity index (χ0v) is 18.7. The summed E-state index contributed by atoms with van der Waals surface area (Å²) in [5.41, 5.74) is 4.49. The van der Waals surface area contributed by atoms with Crippen molar-refractivity contribution in [2.75, 3.05) is 13.1 Å². The summed E-state index contributed by atoms with van der Waals surface area (Å²) < 4.78 is 0. The van der Waals surface area contributed by atoms with Crippen molar-refractivity contribution in [1.82, 2.24) is 10.2 Å². The average Bonchev–Trinajstić information content (AvgIpc) is 3.29. The van der Waals surface area contributed by atoms with Crippen LogP contribution in [0.3, 0.4) is 0 Å². The van der Waals surface area contributed by atoms with Crippen LogP contribution in [-0.4, -0.2) is 23.9 Å². The van der Waals surface area contributed by atoms with Gasteiger partial charge in [-0.05, 0) is 58.7 Å². The maximum Gasteiger partial charge on any atom is 0.252 e. The van der Waals surface area contributed by atoms with E-state index in [2.05, 4.69) is 59.1 Å². The lowest BCUT2D eigenvalue weighted by molar-refractivity contribution is 0.0948. The molecule has 3 rings (SSSR count). The second kappa shape index (κ2) is 11.2. The molecule has 0 fully saturated rings. The number of hydrogen-bond donors (Lipinski definition) is 1. The topological polar surface area (TPSA) is 32.3 Å². The fourth-order valence-corrected chi connectivity index (χ4v) is 4.93. The number of carbonyl (C=O) groups excluding carboxylic acids is 1. The number of rotatable bonds is 10. The fourth-order valence-electron chi connectivity index (χ4n) is 3.16. The number of nitrogens with one attached hydrogen (secondary N) is 1. The van der Waals surface area contributed by atoms with Crippen molar-refractivity contribution in [3.8, 4) is 0 Å². The Morgan fingerprint density at radius 3 is 2.45 bits per heavy atom. The Hall–Kier alpha value is -2.08. The lowest BCUT2D eigenvalue weighted by Crippen LogP contribution is -2.26. The van der Waals surface area contributed by atoms with E-state index < -0.39 is 0 Å². The molecule has 0 aliphatic rings. The van der Waals surface area contributed by atoms with Crippen LogP contribution in [0, 0.1) is 0 Å². The maximum atomic E-state index is 12.9. The van der Waals surface area contributed by atoms with Gasteiger partial charge in [-0.3, -0.25) is 9.69 Å². The Labute approximate surface area is 182 Å². The van der Waals surface area contributed by atoms with E-state index in [1.165, 1.54) is 16.7 Å². The van der Waals surface area contributed by atoms with Crippen LogP contribution < -0.4 is 5.32 Å². The Morgan fingerprint density at radius 1 is 1.00 bits per heavy atom. The highest BCUT2D eigenvalue weighted by atomic mass is 32.2. The number of thioether (sulfide) groups is 1. The van der Waals surface area contributed by atoms with Gasteiger partial charge < -0.3 is 5.32 Å². The minimum absolute atomic E-state index is 0.0175. The highest BCUT2D eigenvalue weighted by Crippen LogP contribution is 2.27. The molecule has 0 radical (unpaired) electrons. The molecule has 1 amide bonds. The van der Waals surface area contributed by atoms with Crippen LogP contribution in [0.2, 0.25) is 0 Å². The maximum absolute atomic E-state index is 12.9. The van der Waals surface area contributed by atoms with E-state index in [0.717, 1.165) is 35.8 Å². The van der Waals surface area contributed by atoms with Crippen molar-refractivity contribution in [2.45, 2.75) is 37.6 Å². The zero-order valence-electron chi connectivity index (χ0n) is 17.1. The van der Waals surface area contributed by atoms with Crippen LogP contribution in [0.15, 0.2) is 70.3 Å². The molecular formula is C24H28N2OS2. The normalized spacial score (nSPS) is 11.0. The number of thiophene rings is 1. The number of benzene rings is 2. The molecule has 1 N–H and O–H groups in total. The SMILES string of the molecule is CCN(CC)Cc1ccccc1CNC(=O)c1ccccc1SCc1ccsc1. The van der Waals surface area contributed by atoms with Crippen molar-refractivity contribution >= 4 is 29.0 Å². The lowest BCUT2D eigenvalue weighted by atomic mass is 10.1. The fraction of sp³-hybridized carbons (Fsp3) is 0.292. The van der Waals surface area contributed by atoms with Crippen LogP contribution in [-0.2, 0) is 18.8 Å². The molecule has 0 saturated heterocycles. The molecule has 3 aromatic rings. The second-order valence-corrected chi connectivity index (χ2v) is 8.63. The third-order valence-electron chi connectivity index (χ3n) is 4.95. The van der Waals surface area contributed by atoms with Gasteiger partial charge in [-0.25, -0.2) is 0 Å². The zero-order chi connectivity index (χ0) is 20.5. The van der Waals surface area contributed by atoms with Gasteiger partial charge in [0.05, 0.1) is 5.56 Å². The van der Waals surface area contributed by atoms with Gasteiger partial charge in [0.25, 0.3) is 5.91 Å². The van der Waals surface area contributed by atoms with E-state index in [9.17, 15) is 4.79 Å². The van der Waals surface area contributed by atoms with E-state index >= 15 is 0 Å². The number of amides is 1. The summed E-state index contributed by atoms with van der Waals surface area (Å²) in [5.74, 6) is 0.858. The molecule has 0 saturated carbocycles. The van der Waals surface area contributed by atoms with Crippen molar-refractivity contribution < 1.29 is 4.79 Å². The highest BCUT2D eigenvalue weighted by Gasteiger charge is 2.13. The Kier molecular flexibility index (Phi) is 8.35. The summed E-state index contributed by atoms with van der Waals surface area (Å²) >= 11 is 3.41. The van der Waals surface area contributed by atoms with Crippen molar-refractivity contribution in [3.63, 3.8) is 0 Å². The first-order valence-electron chi connectivity index (χ1n) is 10.0. The van der Waals surface area contributed by atoms with E-state index in [1.807, 2.05) is 30.3 Å². The summed E-state index contributed by atoms with van der Waals surface area (Å²) in [4.78, 5) is 16.3. The first kappa shape index (κ1) is 21.6. The summed E-state index contributed by atoms with van der Waals surface area (Å²) in [5, 5.41) is 7.37. The summed E-state index contributed by atoms with van der Waals surface area (Å²) in [7, 11) is 0. The Morgan fingerprint density at radius 2 is 1.72 bits per heavy atom. The molecule has 0 unspecified atom stereocenters. The molecule has 0 atom stereocenters. The average molecular weight is 425 g/mol. The van der Waals surface area contributed by atoms with Crippen LogP contribution in [0.25, 0.3) is 0 Å². The first-order valence-corrected chi connectivity index (χ1v) is 11.9. The smallest absolute Gasteiger partial charge is 0.252 e. The van der Waals surface area contributed by atoms with Crippen molar-refractivity contribution in [2.24, 2.45) is 0 Å². The predicted molar refractivity (Wildman–Crippen MR) is 125 cm³/mol. The predicted octanol–water partition coefficient (Wildman–Crippen LogP) is 5.81. The molecular weight excluding hydrogens is 396 g/mol. The van der Waals surface area contributed by atoms with Gasteiger partial charge in [0, 0.05) is 23.7 Å². The Bertz CT molecular complexity index is 905. The quantitative estimate of drug-likeness (QED) is 0.417. The van der Waals surface area contributed by atoms with Crippen molar-refractivity contribution in [1.29, 1.82) is 0 Å². The second-order valence-electron chi connectivity index (χ2n) is 6.83. The van der Waals surface area contributed by atoms with E-state index in [1.54, 1.807) is 23.1 Å². The Balaban J connectivity index is 1.66. The third-order valence-corrected chi connectivity index (χ3v) is 6.83. The molecule has 1 aromatic heterocycles. The molecule has 0 spiro atoms. The standard InChI is InChI=1S/C24H28N2OS2/c1-3-26(4-2)16-21-10-6-5-9-20(21)15-25-24(27)22-11-7-8-12-23(22)29-18-19-13-14-28-17-19/h5-14,17H,3-4,15-16,18H2,1-2H3,(H,25,27). The molecule has 0 aliphatic heterocycles. The lowest BCUT2D eigenvalue weighted by Gasteiger charge is -2.20. The monoisotopic (exact) mass is 424 g/mol. The minimum Gasteiger partial charge on any atom is -0.348 e. The van der Waals surface area contributed by atoms with Crippen LogP contribution in [0.4, 0.5) is 0 Å². The molecule has 29 heavy (non-hydrogen) atoms. The van der Waals surface area contributed by atoms with Gasteiger partial charge >= 0.3 is 0 Å². The number of nitrogens with zero attached hydrogens (tertiary/aromatic N) is 1. The molecule has 2 aromatic carbocycles. The molecule has 5 heteroatoms. The van der Waals surface area contributed by atoms with Crippen molar-refractivity contribution in [3.05, 3.63) is 87.6 Å². The summed E-state index contributed by atoms with van der Waals surface area (Å²) in [6.45, 7) is 7.85. The largest absolute Gasteiger partial charge is 0.348 e. The van der Waals surface area contributed by atoms with E-state index in [0.29, 0.717) is 6.54 Å². The number of carbonyl (C=O) groups is 1. The van der Waals surface area contributed by atoms with E-state index in [-0.39, 0.29) is 5.91 Å². The van der Waals surface area contributed by atoms with Gasteiger partial charge in [0.15, 0.2) is 0 Å². The van der Waals surface area contributed by atoms with Gasteiger partial charge in [-0.2, -0.15) is 11.3 Å². The highest BCUT2D eigenvalue weighted by molar-refractivity contribution is 7.98. The first-order chi connectivity index (χ1) is 14.2. The van der Waals surface area contributed by atoms with E-state index in [4.69, 9.17) is 0 Å². The van der Waals surface area contributed by atoms with Gasteiger partial charge in [-0.15, -0.1) is 11.8 Å². The van der Waals surface area contributed by atoms with Gasteiger partial charge in [0.1, 0.15) is 0 Å². The summed E-state index contributed by atoms with van der Waals surface area (Å²) in [6, 6.07) is 18.4.